The zero-order valence-electron chi connectivity index (χ0n) is 9.19. The van der Waals surface area contributed by atoms with Gasteiger partial charge in [-0.2, -0.15) is 0 Å². The summed E-state index contributed by atoms with van der Waals surface area (Å²) in [6, 6.07) is 0.403. The summed E-state index contributed by atoms with van der Waals surface area (Å²) in [4.78, 5) is 11.8. The van der Waals surface area contributed by atoms with Crippen LogP contribution in [0.5, 0.6) is 0 Å². The van der Waals surface area contributed by atoms with E-state index in [-0.39, 0.29) is 12.5 Å². The fourth-order valence-corrected chi connectivity index (χ4v) is 2.70. The van der Waals surface area contributed by atoms with Crippen LogP contribution in [0.1, 0.15) is 38.5 Å². The third-order valence-electron chi connectivity index (χ3n) is 3.42. The van der Waals surface area contributed by atoms with Gasteiger partial charge in [0.1, 0.15) is 0 Å². The van der Waals surface area contributed by atoms with Crippen LogP contribution in [0.4, 0.5) is 0 Å². The van der Waals surface area contributed by atoms with Crippen LogP contribution >= 0.6 is 0 Å². The standard InChI is InChI=1S/C11H20N2O2/c14-9-8-12-7-6-11(15)13(12)10-4-2-1-3-5-10/h10,14H,1-9H2. The van der Waals surface area contributed by atoms with Crippen LogP contribution in [-0.4, -0.2) is 46.8 Å². The van der Waals surface area contributed by atoms with E-state index in [0.717, 1.165) is 19.4 Å². The van der Waals surface area contributed by atoms with Gasteiger partial charge in [0.2, 0.25) is 5.91 Å². The Balaban J connectivity index is 1.99. The van der Waals surface area contributed by atoms with Crippen molar-refractivity contribution < 1.29 is 9.90 Å². The first kappa shape index (κ1) is 10.9. The van der Waals surface area contributed by atoms with E-state index in [0.29, 0.717) is 19.0 Å². The van der Waals surface area contributed by atoms with Crippen molar-refractivity contribution in [3.63, 3.8) is 0 Å². The molecule has 86 valence electrons. The highest BCUT2D eigenvalue weighted by atomic mass is 16.3. The minimum Gasteiger partial charge on any atom is -0.395 e. The Hall–Kier alpha value is -0.610. The summed E-state index contributed by atoms with van der Waals surface area (Å²) in [5.74, 6) is 0.246. The van der Waals surface area contributed by atoms with Crippen molar-refractivity contribution in [2.75, 3.05) is 19.7 Å². The van der Waals surface area contributed by atoms with Gasteiger partial charge in [0.15, 0.2) is 0 Å². The van der Waals surface area contributed by atoms with Crippen molar-refractivity contribution in [3.8, 4) is 0 Å². The van der Waals surface area contributed by atoms with Crippen molar-refractivity contribution in [2.24, 2.45) is 0 Å². The Morgan fingerprint density at radius 2 is 2.00 bits per heavy atom. The third-order valence-corrected chi connectivity index (χ3v) is 3.42. The normalized spacial score (nSPS) is 25.1. The highest BCUT2D eigenvalue weighted by Gasteiger charge is 2.34. The van der Waals surface area contributed by atoms with Crippen LogP contribution in [-0.2, 0) is 4.79 Å². The molecule has 0 unspecified atom stereocenters. The molecule has 0 atom stereocenters. The molecule has 2 fully saturated rings. The second-order valence-electron chi connectivity index (χ2n) is 4.46. The van der Waals surface area contributed by atoms with E-state index >= 15 is 0 Å². The lowest BCUT2D eigenvalue weighted by atomic mass is 9.95. The molecule has 0 aromatic carbocycles. The number of rotatable bonds is 3. The molecule has 1 N–H and O–H groups in total. The fourth-order valence-electron chi connectivity index (χ4n) is 2.70. The Kier molecular flexibility index (Phi) is 3.59. The van der Waals surface area contributed by atoms with E-state index < -0.39 is 0 Å². The number of hydrogen-bond acceptors (Lipinski definition) is 3. The predicted octanol–water partition coefficient (Wildman–Crippen LogP) is 0.761. The number of hydrazine groups is 1. The van der Waals surface area contributed by atoms with E-state index in [9.17, 15) is 4.79 Å². The molecular formula is C11H20N2O2. The van der Waals surface area contributed by atoms with Gasteiger partial charge in [-0.1, -0.05) is 19.3 Å². The summed E-state index contributed by atoms with van der Waals surface area (Å²) < 4.78 is 0. The Labute approximate surface area is 90.8 Å². The van der Waals surface area contributed by atoms with Gasteiger partial charge in [-0.3, -0.25) is 9.80 Å². The fraction of sp³-hybridized carbons (Fsp3) is 0.909. The van der Waals surface area contributed by atoms with Crippen LogP contribution in [0.15, 0.2) is 0 Å². The first-order chi connectivity index (χ1) is 7.33. The maximum atomic E-state index is 11.8. The Morgan fingerprint density at radius 3 is 2.67 bits per heavy atom. The van der Waals surface area contributed by atoms with E-state index in [1.165, 1.54) is 19.3 Å². The number of nitrogens with zero attached hydrogens (tertiary/aromatic N) is 2. The largest absolute Gasteiger partial charge is 0.395 e. The molecule has 0 bridgehead atoms. The van der Waals surface area contributed by atoms with Gasteiger partial charge in [0.25, 0.3) is 0 Å². The molecule has 1 saturated heterocycles. The highest BCUT2D eigenvalue weighted by Crippen LogP contribution is 2.26. The molecule has 0 aromatic rings. The molecule has 15 heavy (non-hydrogen) atoms. The number of aliphatic hydroxyl groups excluding tert-OH is 1. The highest BCUT2D eigenvalue weighted by molar-refractivity contribution is 5.78. The molecular weight excluding hydrogens is 192 g/mol. The first-order valence-corrected chi connectivity index (χ1v) is 6.00. The number of carbonyl (C=O) groups excluding carboxylic acids is 1. The van der Waals surface area contributed by atoms with Crippen molar-refractivity contribution in [2.45, 2.75) is 44.6 Å². The van der Waals surface area contributed by atoms with Crippen LogP contribution < -0.4 is 0 Å². The SMILES string of the molecule is O=C1CCN(CCO)N1C1CCCCC1. The lowest BCUT2D eigenvalue weighted by molar-refractivity contribution is -0.144. The molecule has 1 aliphatic heterocycles. The number of carbonyl (C=O) groups is 1. The van der Waals surface area contributed by atoms with Crippen LogP contribution in [0, 0.1) is 0 Å². The molecule has 1 heterocycles. The first-order valence-electron chi connectivity index (χ1n) is 6.00. The van der Waals surface area contributed by atoms with Crippen molar-refractivity contribution >= 4 is 5.91 Å². The van der Waals surface area contributed by atoms with Crippen LogP contribution in [0.2, 0.25) is 0 Å². The van der Waals surface area contributed by atoms with Gasteiger partial charge >= 0.3 is 0 Å². The lowest BCUT2D eigenvalue weighted by Crippen LogP contribution is -2.47. The van der Waals surface area contributed by atoms with Crippen LogP contribution in [0.3, 0.4) is 0 Å². The van der Waals surface area contributed by atoms with E-state index in [1.54, 1.807) is 0 Å². The molecule has 2 rings (SSSR count). The van der Waals surface area contributed by atoms with Gasteiger partial charge < -0.3 is 5.11 Å². The van der Waals surface area contributed by atoms with Gasteiger partial charge in [-0.05, 0) is 12.8 Å². The van der Waals surface area contributed by atoms with Gasteiger partial charge in [0, 0.05) is 25.6 Å². The Bertz CT molecular complexity index is 227. The number of aliphatic hydroxyl groups is 1. The summed E-state index contributed by atoms with van der Waals surface area (Å²) in [6.07, 6.45) is 6.67. The molecule has 0 aromatic heterocycles. The summed E-state index contributed by atoms with van der Waals surface area (Å²) in [7, 11) is 0. The molecule has 0 radical (unpaired) electrons. The number of β-amino-alcohol motifs (C(OH)–C–C–N with tert-alkyl or cyclic N) is 1. The van der Waals surface area contributed by atoms with Crippen molar-refractivity contribution in [1.29, 1.82) is 0 Å². The molecule has 4 heteroatoms. The summed E-state index contributed by atoms with van der Waals surface area (Å²) in [5.41, 5.74) is 0. The second kappa shape index (κ2) is 4.94. The average molecular weight is 212 g/mol. The Morgan fingerprint density at radius 1 is 1.27 bits per heavy atom. The molecule has 1 saturated carbocycles. The maximum absolute atomic E-state index is 11.8. The third kappa shape index (κ3) is 2.32. The number of hydrogen-bond donors (Lipinski definition) is 1. The summed E-state index contributed by atoms with van der Waals surface area (Å²) in [6.45, 7) is 1.52. The molecule has 2 aliphatic rings. The van der Waals surface area contributed by atoms with E-state index in [4.69, 9.17) is 5.11 Å². The van der Waals surface area contributed by atoms with Gasteiger partial charge in [-0.15, -0.1) is 0 Å². The number of amides is 1. The molecule has 0 spiro atoms. The van der Waals surface area contributed by atoms with Crippen molar-refractivity contribution in [3.05, 3.63) is 0 Å². The lowest BCUT2D eigenvalue weighted by Gasteiger charge is -2.36. The smallest absolute Gasteiger partial charge is 0.238 e. The monoisotopic (exact) mass is 212 g/mol. The zero-order chi connectivity index (χ0) is 10.7. The quantitative estimate of drug-likeness (QED) is 0.751. The predicted molar refractivity (Wildman–Crippen MR) is 57.0 cm³/mol. The van der Waals surface area contributed by atoms with Crippen LogP contribution in [0.25, 0.3) is 0 Å². The minimum absolute atomic E-state index is 0.135. The van der Waals surface area contributed by atoms with Gasteiger partial charge in [0.05, 0.1) is 6.61 Å². The molecule has 4 nitrogen and oxygen atoms in total. The van der Waals surface area contributed by atoms with E-state index in [1.807, 2.05) is 10.0 Å². The van der Waals surface area contributed by atoms with Gasteiger partial charge in [-0.25, -0.2) is 5.01 Å². The average Bonchev–Trinajstić information content (AvgIpc) is 2.62. The molecule has 1 aliphatic carbocycles. The topological polar surface area (TPSA) is 43.8 Å². The summed E-state index contributed by atoms with van der Waals surface area (Å²) in [5, 5.41) is 12.9. The second-order valence-corrected chi connectivity index (χ2v) is 4.46. The van der Waals surface area contributed by atoms with Crippen molar-refractivity contribution in [1.82, 2.24) is 10.0 Å². The maximum Gasteiger partial charge on any atom is 0.238 e. The van der Waals surface area contributed by atoms with E-state index in [2.05, 4.69) is 0 Å². The molecule has 1 amide bonds. The minimum atomic E-state index is 0.135. The summed E-state index contributed by atoms with van der Waals surface area (Å²) >= 11 is 0. The zero-order valence-corrected chi connectivity index (χ0v) is 9.19.